The maximum atomic E-state index is 7.66. The molecule has 0 unspecified atom stereocenters. The molecule has 0 saturated carbocycles. The molecular formula is C15H17N3O2. The molecule has 2 rings (SSSR count). The van der Waals surface area contributed by atoms with E-state index in [2.05, 4.69) is 4.98 Å². The number of amidine groups is 1. The molecule has 0 aliphatic rings. The molecule has 0 amide bonds. The van der Waals surface area contributed by atoms with Crippen molar-refractivity contribution in [2.24, 2.45) is 5.73 Å². The standard InChI is InChI=1S/C15H17N3O2/c1-9-8-10(2)18-15(13(9)14(16)17)20-12-6-4-11(19-3)5-7-12/h4-8H,1-3H3,(H3,16,17). The number of aromatic nitrogens is 1. The minimum Gasteiger partial charge on any atom is -0.497 e. The van der Waals surface area contributed by atoms with E-state index in [1.807, 2.05) is 19.9 Å². The highest BCUT2D eigenvalue weighted by atomic mass is 16.5. The number of hydrogen-bond donors (Lipinski definition) is 2. The van der Waals surface area contributed by atoms with Crippen LogP contribution in [0.4, 0.5) is 0 Å². The van der Waals surface area contributed by atoms with Crippen molar-refractivity contribution in [3.05, 3.63) is 47.2 Å². The molecule has 0 radical (unpaired) electrons. The highest BCUT2D eigenvalue weighted by Crippen LogP contribution is 2.27. The van der Waals surface area contributed by atoms with Gasteiger partial charge in [-0.25, -0.2) is 4.98 Å². The van der Waals surface area contributed by atoms with Gasteiger partial charge in [0.1, 0.15) is 17.3 Å². The number of pyridine rings is 1. The van der Waals surface area contributed by atoms with Gasteiger partial charge in [0.25, 0.3) is 0 Å². The third kappa shape index (κ3) is 2.88. The number of aryl methyl sites for hydroxylation is 2. The van der Waals surface area contributed by atoms with Gasteiger partial charge in [0.05, 0.1) is 12.7 Å². The Labute approximate surface area is 117 Å². The molecule has 0 atom stereocenters. The summed E-state index contributed by atoms with van der Waals surface area (Å²) < 4.78 is 10.8. The van der Waals surface area contributed by atoms with Gasteiger partial charge in [-0.05, 0) is 49.7 Å². The molecule has 104 valence electrons. The average molecular weight is 271 g/mol. The third-order valence-corrected chi connectivity index (χ3v) is 2.85. The van der Waals surface area contributed by atoms with Crippen molar-refractivity contribution in [1.82, 2.24) is 4.98 Å². The molecule has 0 aliphatic carbocycles. The zero-order valence-corrected chi connectivity index (χ0v) is 11.7. The second-order valence-electron chi connectivity index (χ2n) is 4.45. The largest absolute Gasteiger partial charge is 0.497 e. The first-order chi connectivity index (χ1) is 9.51. The molecular weight excluding hydrogens is 254 g/mol. The lowest BCUT2D eigenvalue weighted by molar-refractivity contribution is 0.412. The summed E-state index contributed by atoms with van der Waals surface area (Å²) in [5.74, 6) is 1.65. The van der Waals surface area contributed by atoms with Crippen molar-refractivity contribution >= 4 is 5.84 Å². The van der Waals surface area contributed by atoms with E-state index in [0.29, 0.717) is 17.2 Å². The van der Waals surface area contributed by atoms with Crippen LogP contribution in [0.15, 0.2) is 30.3 Å². The fourth-order valence-electron chi connectivity index (χ4n) is 1.96. The number of nitrogens with zero attached hydrogens (tertiary/aromatic N) is 1. The lowest BCUT2D eigenvalue weighted by Crippen LogP contribution is -2.15. The van der Waals surface area contributed by atoms with Gasteiger partial charge in [0, 0.05) is 5.69 Å². The number of nitrogens with two attached hydrogens (primary N) is 1. The molecule has 0 aliphatic heterocycles. The van der Waals surface area contributed by atoms with Crippen molar-refractivity contribution in [3.63, 3.8) is 0 Å². The normalized spacial score (nSPS) is 10.2. The number of methoxy groups -OCH3 is 1. The van der Waals surface area contributed by atoms with Gasteiger partial charge in [-0.2, -0.15) is 0 Å². The average Bonchev–Trinajstić information content (AvgIpc) is 2.38. The fourth-order valence-corrected chi connectivity index (χ4v) is 1.96. The second-order valence-corrected chi connectivity index (χ2v) is 4.45. The van der Waals surface area contributed by atoms with Gasteiger partial charge in [0.15, 0.2) is 0 Å². The molecule has 0 saturated heterocycles. The third-order valence-electron chi connectivity index (χ3n) is 2.85. The highest BCUT2D eigenvalue weighted by Gasteiger charge is 2.13. The van der Waals surface area contributed by atoms with Crippen LogP contribution in [0.5, 0.6) is 17.4 Å². The van der Waals surface area contributed by atoms with Crippen LogP contribution in [-0.2, 0) is 0 Å². The first kappa shape index (κ1) is 13.9. The molecule has 0 bridgehead atoms. The Bertz CT molecular complexity index is 636. The number of rotatable bonds is 4. The van der Waals surface area contributed by atoms with Gasteiger partial charge in [-0.3, -0.25) is 5.41 Å². The van der Waals surface area contributed by atoms with Crippen LogP contribution in [-0.4, -0.2) is 17.9 Å². The summed E-state index contributed by atoms with van der Waals surface area (Å²) in [6, 6.07) is 9.03. The Hall–Kier alpha value is -2.56. The van der Waals surface area contributed by atoms with Crippen LogP contribution in [0.1, 0.15) is 16.8 Å². The topological polar surface area (TPSA) is 81.2 Å². The summed E-state index contributed by atoms with van der Waals surface area (Å²) in [5, 5.41) is 7.66. The van der Waals surface area contributed by atoms with Crippen LogP contribution in [0.3, 0.4) is 0 Å². The van der Waals surface area contributed by atoms with Crippen LogP contribution in [0, 0.1) is 19.3 Å². The van der Waals surface area contributed by atoms with E-state index < -0.39 is 0 Å². The molecule has 1 aromatic heterocycles. The number of ether oxygens (including phenoxy) is 2. The van der Waals surface area contributed by atoms with Gasteiger partial charge < -0.3 is 15.2 Å². The molecule has 0 fully saturated rings. The first-order valence-electron chi connectivity index (χ1n) is 6.16. The smallest absolute Gasteiger partial charge is 0.230 e. The molecule has 3 N–H and O–H groups in total. The number of hydrogen-bond acceptors (Lipinski definition) is 4. The highest BCUT2D eigenvalue weighted by molar-refractivity contribution is 5.98. The Morgan fingerprint density at radius 2 is 1.75 bits per heavy atom. The molecule has 2 aromatic rings. The second kappa shape index (κ2) is 5.61. The summed E-state index contributed by atoms with van der Waals surface area (Å²) in [5.41, 5.74) is 7.81. The summed E-state index contributed by atoms with van der Waals surface area (Å²) in [7, 11) is 1.61. The summed E-state index contributed by atoms with van der Waals surface area (Å²) in [6.45, 7) is 3.75. The van der Waals surface area contributed by atoms with Crippen molar-refractivity contribution in [2.45, 2.75) is 13.8 Å². The number of nitrogen functional groups attached to an aromatic ring is 1. The molecule has 5 heteroatoms. The van der Waals surface area contributed by atoms with Gasteiger partial charge >= 0.3 is 0 Å². The quantitative estimate of drug-likeness (QED) is 0.661. The van der Waals surface area contributed by atoms with E-state index >= 15 is 0 Å². The van der Waals surface area contributed by atoms with Gasteiger partial charge in [-0.15, -0.1) is 0 Å². The van der Waals surface area contributed by atoms with Crippen molar-refractivity contribution in [1.29, 1.82) is 5.41 Å². The van der Waals surface area contributed by atoms with E-state index in [0.717, 1.165) is 17.0 Å². The zero-order valence-electron chi connectivity index (χ0n) is 11.7. The molecule has 1 aromatic carbocycles. The van der Waals surface area contributed by atoms with Crippen LogP contribution < -0.4 is 15.2 Å². The molecule has 20 heavy (non-hydrogen) atoms. The van der Waals surface area contributed by atoms with E-state index in [9.17, 15) is 0 Å². The minimum absolute atomic E-state index is 0.0569. The van der Waals surface area contributed by atoms with Gasteiger partial charge in [-0.1, -0.05) is 0 Å². The molecule has 5 nitrogen and oxygen atoms in total. The Balaban J connectivity index is 2.39. The van der Waals surface area contributed by atoms with Crippen LogP contribution in [0.25, 0.3) is 0 Å². The molecule has 0 spiro atoms. The number of nitrogens with one attached hydrogen (secondary N) is 1. The van der Waals surface area contributed by atoms with Crippen LogP contribution >= 0.6 is 0 Å². The summed E-state index contributed by atoms with van der Waals surface area (Å²) in [4.78, 5) is 4.32. The van der Waals surface area contributed by atoms with Gasteiger partial charge in [0.2, 0.25) is 5.88 Å². The molecule has 1 heterocycles. The van der Waals surface area contributed by atoms with E-state index in [4.69, 9.17) is 20.6 Å². The monoisotopic (exact) mass is 271 g/mol. The number of benzene rings is 1. The zero-order chi connectivity index (χ0) is 14.7. The van der Waals surface area contributed by atoms with E-state index in [1.165, 1.54) is 0 Å². The van der Waals surface area contributed by atoms with E-state index in [1.54, 1.807) is 31.4 Å². The van der Waals surface area contributed by atoms with E-state index in [-0.39, 0.29) is 5.84 Å². The SMILES string of the molecule is COc1ccc(Oc2nc(C)cc(C)c2C(=N)N)cc1. The first-order valence-corrected chi connectivity index (χ1v) is 6.16. The predicted octanol–water partition coefficient (Wildman–Crippen LogP) is 2.78. The Morgan fingerprint density at radius 3 is 2.30 bits per heavy atom. The fraction of sp³-hybridized carbons (Fsp3) is 0.200. The maximum absolute atomic E-state index is 7.66. The van der Waals surface area contributed by atoms with Crippen molar-refractivity contribution in [2.75, 3.05) is 7.11 Å². The lowest BCUT2D eigenvalue weighted by atomic mass is 10.1. The Kier molecular flexibility index (Phi) is 3.89. The lowest BCUT2D eigenvalue weighted by Gasteiger charge is -2.12. The van der Waals surface area contributed by atoms with Crippen molar-refractivity contribution < 1.29 is 9.47 Å². The summed E-state index contributed by atoms with van der Waals surface area (Å²) in [6.07, 6.45) is 0. The minimum atomic E-state index is -0.0569. The van der Waals surface area contributed by atoms with Crippen LogP contribution in [0.2, 0.25) is 0 Å². The van der Waals surface area contributed by atoms with Crippen molar-refractivity contribution in [3.8, 4) is 17.4 Å². The Morgan fingerprint density at radius 1 is 1.15 bits per heavy atom. The maximum Gasteiger partial charge on any atom is 0.230 e. The summed E-state index contributed by atoms with van der Waals surface area (Å²) >= 11 is 0. The predicted molar refractivity (Wildman–Crippen MR) is 77.8 cm³/mol.